The Morgan fingerprint density at radius 3 is 2.72 bits per heavy atom. The number of carboxylic acids is 1. The van der Waals surface area contributed by atoms with E-state index >= 15 is 0 Å². The molecule has 0 heterocycles. The SMILES string of the molecule is Cc1ccc(C)c(CCNCC2(C(=O)O)CC2)c1. The van der Waals surface area contributed by atoms with Crippen molar-refractivity contribution in [3.8, 4) is 0 Å². The van der Waals surface area contributed by atoms with Crippen molar-refractivity contribution >= 4 is 5.97 Å². The first kappa shape index (κ1) is 13.1. The van der Waals surface area contributed by atoms with Crippen molar-refractivity contribution in [3.63, 3.8) is 0 Å². The third-order valence-corrected chi connectivity index (χ3v) is 3.85. The molecule has 0 radical (unpaired) electrons. The summed E-state index contributed by atoms with van der Waals surface area (Å²) in [6.07, 6.45) is 2.60. The molecule has 0 aliphatic heterocycles. The number of nitrogens with one attached hydrogen (secondary N) is 1. The monoisotopic (exact) mass is 247 g/mol. The molecule has 2 rings (SSSR count). The average molecular weight is 247 g/mol. The standard InChI is InChI=1S/C15H21NO2/c1-11-3-4-12(2)13(9-11)5-8-16-10-15(6-7-15)14(17)18/h3-4,9,16H,5-8,10H2,1-2H3,(H,17,18). The first-order valence-electron chi connectivity index (χ1n) is 6.54. The Kier molecular flexibility index (Phi) is 3.71. The zero-order chi connectivity index (χ0) is 13.2. The van der Waals surface area contributed by atoms with Gasteiger partial charge in [-0.15, -0.1) is 0 Å². The van der Waals surface area contributed by atoms with Crippen LogP contribution in [-0.4, -0.2) is 24.2 Å². The molecular weight excluding hydrogens is 226 g/mol. The van der Waals surface area contributed by atoms with Crippen LogP contribution >= 0.6 is 0 Å². The van der Waals surface area contributed by atoms with Crippen molar-refractivity contribution in [2.75, 3.05) is 13.1 Å². The molecule has 0 spiro atoms. The maximum atomic E-state index is 11.0. The lowest BCUT2D eigenvalue weighted by Crippen LogP contribution is -2.31. The van der Waals surface area contributed by atoms with Gasteiger partial charge in [0.15, 0.2) is 0 Å². The Hall–Kier alpha value is -1.35. The highest BCUT2D eigenvalue weighted by molar-refractivity contribution is 5.78. The van der Waals surface area contributed by atoms with E-state index in [4.69, 9.17) is 5.11 Å². The molecule has 1 fully saturated rings. The molecule has 1 aromatic rings. The summed E-state index contributed by atoms with van der Waals surface area (Å²) in [5.74, 6) is -0.651. The molecule has 3 heteroatoms. The molecule has 2 N–H and O–H groups in total. The van der Waals surface area contributed by atoms with Gasteiger partial charge in [0.1, 0.15) is 0 Å². The van der Waals surface area contributed by atoms with Gasteiger partial charge in [0.2, 0.25) is 0 Å². The number of aliphatic carboxylic acids is 1. The van der Waals surface area contributed by atoms with E-state index in [0.717, 1.165) is 25.8 Å². The summed E-state index contributed by atoms with van der Waals surface area (Å²) in [6.45, 7) is 5.67. The highest BCUT2D eigenvalue weighted by Gasteiger charge is 2.49. The van der Waals surface area contributed by atoms with Crippen molar-refractivity contribution < 1.29 is 9.90 Å². The van der Waals surface area contributed by atoms with E-state index in [1.807, 2.05) is 0 Å². The second-order valence-corrected chi connectivity index (χ2v) is 5.44. The number of benzene rings is 1. The fourth-order valence-corrected chi connectivity index (χ4v) is 2.24. The first-order valence-corrected chi connectivity index (χ1v) is 6.54. The molecule has 0 amide bonds. The van der Waals surface area contributed by atoms with Crippen molar-refractivity contribution in [1.82, 2.24) is 5.32 Å². The van der Waals surface area contributed by atoms with Gasteiger partial charge in [-0.05, 0) is 50.8 Å². The summed E-state index contributed by atoms with van der Waals surface area (Å²) >= 11 is 0. The van der Waals surface area contributed by atoms with Gasteiger partial charge in [0.25, 0.3) is 0 Å². The van der Waals surface area contributed by atoms with Gasteiger partial charge >= 0.3 is 5.97 Å². The predicted octanol–water partition coefficient (Wildman–Crippen LogP) is 2.30. The minimum atomic E-state index is -0.651. The summed E-state index contributed by atoms with van der Waals surface area (Å²) in [5, 5.41) is 12.3. The summed E-state index contributed by atoms with van der Waals surface area (Å²) < 4.78 is 0. The highest BCUT2D eigenvalue weighted by Crippen LogP contribution is 2.45. The molecule has 1 aliphatic rings. The number of aryl methyl sites for hydroxylation is 2. The first-order chi connectivity index (χ1) is 8.53. The van der Waals surface area contributed by atoms with E-state index in [1.54, 1.807) is 0 Å². The number of carbonyl (C=O) groups is 1. The minimum absolute atomic E-state index is 0.457. The molecular formula is C15H21NO2. The zero-order valence-electron chi connectivity index (χ0n) is 11.1. The third-order valence-electron chi connectivity index (χ3n) is 3.85. The lowest BCUT2D eigenvalue weighted by atomic mass is 10.0. The molecule has 98 valence electrons. The van der Waals surface area contributed by atoms with E-state index < -0.39 is 11.4 Å². The summed E-state index contributed by atoms with van der Waals surface area (Å²) in [5.41, 5.74) is 3.48. The highest BCUT2D eigenvalue weighted by atomic mass is 16.4. The van der Waals surface area contributed by atoms with Crippen molar-refractivity contribution in [2.45, 2.75) is 33.1 Å². The van der Waals surface area contributed by atoms with Gasteiger partial charge in [-0.1, -0.05) is 23.8 Å². The van der Waals surface area contributed by atoms with Crippen LogP contribution in [0.4, 0.5) is 0 Å². The number of hydrogen-bond donors (Lipinski definition) is 2. The van der Waals surface area contributed by atoms with Crippen LogP contribution in [0, 0.1) is 19.3 Å². The molecule has 18 heavy (non-hydrogen) atoms. The van der Waals surface area contributed by atoms with E-state index in [2.05, 4.69) is 37.4 Å². The topological polar surface area (TPSA) is 49.3 Å². The maximum Gasteiger partial charge on any atom is 0.310 e. The Bertz CT molecular complexity index is 450. The Labute approximate surface area is 108 Å². The van der Waals surface area contributed by atoms with E-state index in [0.29, 0.717) is 6.54 Å². The second kappa shape index (κ2) is 5.11. The number of rotatable bonds is 6. The molecule has 0 bridgehead atoms. The van der Waals surface area contributed by atoms with Crippen LogP contribution < -0.4 is 5.32 Å². The summed E-state index contributed by atoms with van der Waals surface area (Å²) in [6, 6.07) is 6.47. The smallest absolute Gasteiger partial charge is 0.310 e. The number of carboxylic acid groups (broad SMARTS) is 1. The fourth-order valence-electron chi connectivity index (χ4n) is 2.24. The molecule has 3 nitrogen and oxygen atoms in total. The summed E-state index contributed by atoms with van der Waals surface area (Å²) in [7, 11) is 0. The summed E-state index contributed by atoms with van der Waals surface area (Å²) in [4.78, 5) is 11.0. The molecule has 0 unspecified atom stereocenters. The molecule has 0 atom stereocenters. The van der Waals surface area contributed by atoms with Crippen molar-refractivity contribution in [1.29, 1.82) is 0 Å². The minimum Gasteiger partial charge on any atom is -0.481 e. The number of hydrogen-bond acceptors (Lipinski definition) is 2. The van der Waals surface area contributed by atoms with E-state index in [1.165, 1.54) is 16.7 Å². The van der Waals surface area contributed by atoms with Gasteiger partial charge in [-0.3, -0.25) is 4.79 Å². The average Bonchev–Trinajstić information content (AvgIpc) is 3.10. The maximum absolute atomic E-state index is 11.0. The largest absolute Gasteiger partial charge is 0.481 e. The predicted molar refractivity (Wildman–Crippen MR) is 71.8 cm³/mol. The van der Waals surface area contributed by atoms with Crippen LogP contribution in [0.3, 0.4) is 0 Å². The third kappa shape index (κ3) is 2.91. The Morgan fingerprint density at radius 1 is 1.39 bits per heavy atom. The fraction of sp³-hybridized carbons (Fsp3) is 0.533. The zero-order valence-corrected chi connectivity index (χ0v) is 11.1. The van der Waals surface area contributed by atoms with E-state index in [-0.39, 0.29) is 0 Å². The van der Waals surface area contributed by atoms with Crippen LogP contribution in [0.5, 0.6) is 0 Å². The van der Waals surface area contributed by atoms with Gasteiger partial charge in [-0.25, -0.2) is 0 Å². The van der Waals surface area contributed by atoms with Crippen LogP contribution in [0.2, 0.25) is 0 Å². The Balaban J connectivity index is 1.79. The molecule has 1 aromatic carbocycles. The van der Waals surface area contributed by atoms with Crippen LogP contribution in [0.15, 0.2) is 18.2 Å². The van der Waals surface area contributed by atoms with Gasteiger partial charge in [0, 0.05) is 6.54 Å². The van der Waals surface area contributed by atoms with Crippen molar-refractivity contribution in [2.24, 2.45) is 5.41 Å². The van der Waals surface area contributed by atoms with Crippen molar-refractivity contribution in [3.05, 3.63) is 34.9 Å². The quantitative estimate of drug-likeness (QED) is 0.758. The van der Waals surface area contributed by atoms with Gasteiger partial charge in [0.05, 0.1) is 5.41 Å². The van der Waals surface area contributed by atoms with E-state index in [9.17, 15) is 4.79 Å². The molecule has 1 saturated carbocycles. The lowest BCUT2D eigenvalue weighted by Gasteiger charge is -2.12. The van der Waals surface area contributed by atoms with Crippen LogP contribution in [0.25, 0.3) is 0 Å². The molecule has 0 saturated heterocycles. The van der Waals surface area contributed by atoms with Gasteiger partial charge in [-0.2, -0.15) is 0 Å². The van der Waals surface area contributed by atoms with Crippen LogP contribution in [-0.2, 0) is 11.2 Å². The van der Waals surface area contributed by atoms with Crippen LogP contribution in [0.1, 0.15) is 29.5 Å². The van der Waals surface area contributed by atoms with Gasteiger partial charge < -0.3 is 10.4 Å². The molecule has 1 aliphatic carbocycles. The second-order valence-electron chi connectivity index (χ2n) is 5.44. The molecule has 0 aromatic heterocycles. The Morgan fingerprint density at radius 2 is 2.11 bits per heavy atom. The lowest BCUT2D eigenvalue weighted by molar-refractivity contribution is -0.143. The normalized spacial score (nSPS) is 16.6.